The highest BCUT2D eigenvalue weighted by Gasteiger charge is 2.00. The van der Waals surface area contributed by atoms with Crippen LogP contribution in [0.2, 0.25) is 5.02 Å². The minimum atomic E-state index is -0.441. The van der Waals surface area contributed by atoms with Gasteiger partial charge in [0, 0.05) is 16.0 Å². The largest absolute Gasteiger partial charge is 0.445 e. The molecule has 0 radical (unpaired) electrons. The van der Waals surface area contributed by atoms with E-state index in [1.165, 1.54) is 0 Å². The monoisotopic (exact) mass is 379 g/mol. The average Bonchev–Trinajstić information content (AvgIpc) is 2.52. The normalized spacial score (nSPS) is 10.6. The molecular weight excluding hydrogens is 366 g/mol. The third-order valence-corrected chi connectivity index (χ3v) is 3.76. The molecule has 0 fully saturated rings. The molecule has 0 aliphatic carbocycles. The van der Waals surface area contributed by atoms with E-state index >= 15 is 0 Å². The maximum absolute atomic E-state index is 11.5. The Kier molecular flexibility index (Phi) is 6.49. The van der Waals surface area contributed by atoms with Crippen LogP contribution < -0.4 is 5.32 Å². The topological polar surface area (TPSA) is 38.3 Å². The van der Waals surface area contributed by atoms with Crippen LogP contribution in [0.25, 0.3) is 6.08 Å². The molecule has 0 bridgehead atoms. The second-order valence-electron chi connectivity index (χ2n) is 4.51. The highest BCUT2D eigenvalue weighted by molar-refractivity contribution is 9.10. The van der Waals surface area contributed by atoms with Crippen LogP contribution in [-0.4, -0.2) is 12.6 Å². The SMILES string of the molecule is O=C(NCC=Cc1ccc(Cl)cc1Br)OCc1ccccc1. The van der Waals surface area contributed by atoms with Crippen molar-refractivity contribution in [3.63, 3.8) is 0 Å². The molecule has 1 amide bonds. The maximum Gasteiger partial charge on any atom is 0.407 e. The molecule has 1 N–H and O–H groups in total. The van der Waals surface area contributed by atoms with Gasteiger partial charge in [0.25, 0.3) is 0 Å². The fourth-order valence-electron chi connectivity index (χ4n) is 1.74. The van der Waals surface area contributed by atoms with Crippen molar-refractivity contribution in [1.82, 2.24) is 5.32 Å². The summed E-state index contributed by atoms with van der Waals surface area (Å²) < 4.78 is 6.01. The number of nitrogens with one attached hydrogen (secondary N) is 1. The van der Waals surface area contributed by atoms with Crippen LogP contribution in [0, 0.1) is 0 Å². The predicted molar refractivity (Wildman–Crippen MR) is 92.8 cm³/mol. The van der Waals surface area contributed by atoms with Crippen molar-refractivity contribution in [1.29, 1.82) is 0 Å². The summed E-state index contributed by atoms with van der Waals surface area (Å²) in [6.45, 7) is 0.655. The Labute approximate surface area is 143 Å². The Bertz CT molecular complexity index is 659. The zero-order chi connectivity index (χ0) is 15.8. The van der Waals surface area contributed by atoms with Crippen molar-refractivity contribution in [2.24, 2.45) is 0 Å². The van der Waals surface area contributed by atoms with E-state index in [2.05, 4.69) is 21.2 Å². The van der Waals surface area contributed by atoms with E-state index in [-0.39, 0.29) is 6.61 Å². The second-order valence-corrected chi connectivity index (χ2v) is 5.80. The van der Waals surface area contributed by atoms with Gasteiger partial charge >= 0.3 is 6.09 Å². The number of rotatable bonds is 5. The average molecular weight is 381 g/mol. The molecule has 0 aliphatic rings. The van der Waals surface area contributed by atoms with Gasteiger partial charge in [-0.1, -0.05) is 76.1 Å². The molecule has 0 saturated heterocycles. The lowest BCUT2D eigenvalue weighted by atomic mass is 10.2. The van der Waals surface area contributed by atoms with Gasteiger partial charge in [-0.05, 0) is 23.3 Å². The molecule has 5 heteroatoms. The molecular formula is C17H15BrClNO2. The van der Waals surface area contributed by atoms with Gasteiger partial charge in [0.2, 0.25) is 0 Å². The summed E-state index contributed by atoms with van der Waals surface area (Å²) >= 11 is 9.31. The van der Waals surface area contributed by atoms with E-state index < -0.39 is 6.09 Å². The van der Waals surface area contributed by atoms with Gasteiger partial charge in [-0.3, -0.25) is 0 Å². The summed E-state index contributed by atoms with van der Waals surface area (Å²) in [6.07, 6.45) is 3.30. The van der Waals surface area contributed by atoms with E-state index in [9.17, 15) is 4.79 Å². The van der Waals surface area contributed by atoms with Crippen LogP contribution in [0.4, 0.5) is 4.79 Å². The van der Waals surface area contributed by atoms with Gasteiger partial charge in [-0.25, -0.2) is 4.79 Å². The van der Waals surface area contributed by atoms with Gasteiger partial charge in [0.15, 0.2) is 0 Å². The number of ether oxygens (including phenoxy) is 1. The van der Waals surface area contributed by atoms with Crippen LogP contribution in [0.5, 0.6) is 0 Å². The summed E-state index contributed by atoms with van der Waals surface area (Å²) in [5.74, 6) is 0. The lowest BCUT2D eigenvalue weighted by Crippen LogP contribution is -2.24. The predicted octanol–water partition coefficient (Wildman–Crippen LogP) is 5.04. The third-order valence-electron chi connectivity index (χ3n) is 2.84. The van der Waals surface area contributed by atoms with Crippen LogP contribution >= 0.6 is 27.5 Å². The summed E-state index contributed by atoms with van der Waals surface area (Å²) in [6, 6.07) is 15.1. The Balaban J connectivity index is 1.73. The number of alkyl carbamates (subject to hydrolysis) is 1. The number of halogens is 2. The third kappa shape index (κ3) is 5.54. The van der Waals surface area contributed by atoms with E-state index in [4.69, 9.17) is 16.3 Å². The van der Waals surface area contributed by atoms with Gasteiger partial charge in [0.05, 0.1) is 0 Å². The van der Waals surface area contributed by atoms with Crippen molar-refractivity contribution in [2.75, 3.05) is 6.54 Å². The van der Waals surface area contributed by atoms with Crippen LogP contribution in [-0.2, 0) is 11.3 Å². The molecule has 2 aromatic carbocycles. The number of carbonyl (C=O) groups excluding carboxylic acids is 1. The summed E-state index contributed by atoms with van der Waals surface area (Å²) in [5.41, 5.74) is 1.95. The molecule has 3 nitrogen and oxygen atoms in total. The lowest BCUT2D eigenvalue weighted by molar-refractivity contribution is 0.141. The van der Waals surface area contributed by atoms with Gasteiger partial charge in [-0.15, -0.1) is 0 Å². The summed E-state index contributed by atoms with van der Waals surface area (Å²) in [4.78, 5) is 11.5. The highest BCUT2D eigenvalue weighted by Crippen LogP contribution is 2.22. The fraction of sp³-hybridized carbons (Fsp3) is 0.118. The van der Waals surface area contributed by atoms with Gasteiger partial charge in [-0.2, -0.15) is 0 Å². The smallest absolute Gasteiger partial charge is 0.407 e. The molecule has 0 saturated carbocycles. The van der Waals surface area contributed by atoms with Gasteiger partial charge in [0.1, 0.15) is 6.61 Å². The number of hydrogen-bond donors (Lipinski definition) is 1. The molecule has 0 spiro atoms. The standard InChI is InChI=1S/C17H15BrClNO2/c18-16-11-15(19)9-8-14(16)7-4-10-20-17(21)22-12-13-5-2-1-3-6-13/h1-9,11H,10,12H2,(H,20,21). The first-order valence-corrected chi connectivity index (χ1v) is 7.88. The Morgan fingerprint density at radius 1 is 1.23 bits per heavy atom. The van der Waals surface area contributed by atoms with Crippen LogP contribution in [0.3, 0.4) is 0 Å². The van der Waals surface area contributed by atoms with E-state index in [1.807, 2.05) is 60.7 Å². The highest BCUT2D eigenvalue weighted by atomic mass is 79.9. The first-order chi connectivity index (χ1) is 10.6. The molecule has 0 aliphatic heterocycles. The molecule has 114 valence electrons. The number of hydrogen-bond acceptors (Lipinski definition) is 2. The lowest BCUT2D eigenvalue weighted by Gasteiger charge is -2.05. The quantitative estimate of drug-likeness (QED) is 0.789. The fourth-order valence-corrected chi connectivity index (χ4v) is 2.55. The van der Waals surface area contributed by atoms with Crippen molar-refractivity contribution in [2.45, 2.75) is 6.61 Å². The first kappa shape index (κ1) is 16.6. The molecule has 0 atom stereocenters. The van der Waals surface area contributed by atoms with Crippen molar-refractivity contribution < 1.29 is 9.53 Å². The molecule has 0 unspecified atom stereocenters. The Morgan fingerprint density at radius 2 is 2.00 bits per heavy atom. The Hall–Kier alpha value is -1.78. The molecule has 2 rings (SSSR count). The van der Waals surface area contributed by atoms with Crippen molar-refractivity contribution in [3.05, 3.63) is 75.2 Å². The minimum Gasteiger partial charge on any atom is -0.445 e. The van der Waals surface area contributed by atoms with E-state index in [0.717, 1.165) is 15.6 Å². The first-order valence-electron chi connectivity index (χ1n) is 6.71. The Morgan fingerprint density at radius 3 is 2.73 bits per heavy atom. The minimum absolute atomic E-state index is 0.263. The van der Waals surface area contributed by atoms with E-state index in [0.29, 0.717) is 11.6 Å². The van der Waals surface area contributed by atoms with E-state index in [1.54, 1.807) is 0 Å². The molecule has 0 aromatic heterocycles. The number of amides is 1. The van der Waals surface area contributed by atoms with Crippen LogP contribution in [0.15, 0.2) is 59.1 Å². The van der Waals surface area contributed by atoms with Crippen LogP contribution in [0.1, 0.15) is 11.1 Å². The number of benzene rings is 2. The second kappa shape index (κ2) is 8.61. The maximum atomic E-state index is 11.5. The summed E-state index contributed by atoms with van der Waals surface area (Å²) in [7, 11) is 0. The molecule has 2 aromatic rings. The van der Waals surface area contributed by atoms with Gasteiger partial charge < -0.3 is 10.1 Å². The number of carbonyl (C=O) groups is 1. The van der Waals surface area contributed by atoms with Crippen molar-refractivity contribution >= 4 is 39.7 Å². The molecule has 22 heavy (non-hydrogen) atoms. The zero-order valence-electron chi connectivity index (χ0n) is 11.8. The zero-order valence-corrected chi connectivity index (χ0v) is 14.1. The van der Waals surface area contributed by atoms with Crippen molar-refractivity contribution in [3.8, 4) is 0 Å². The summed E-state index contributed by atoms with van der Waals surface area (Å²) in [5, 5.41) is 3.34. The molecule has 0 heterocycles.